The third-order valence-corrected chi connectivity index (χ3v) is 5.58. The van der Waals surface area contributed by atoms with E-state index in [1.807, 2.05) is 48.9 Å². The van der Waals surface area contributed by atoms with Crippen molar-refractivity contribution >= 4 is 17.1 Å². The van der Waals surface area contributed by atoms with E-state index in [0.717, 1.165) is 27.2 Å². The van der Waals surface area contributed by atoms with Gasteiger partial charge in [0.2, 0.25) is 0 Å². The summed E-state index contributed by atoms with van der Waals surface area (Å²) in [5.41, 5.74) is 3.12. The average Bonchev–Trinajstić information content (AvgIpc) is 3.33. The van der Waals surface area contributed by atoms with Crippen molar-refractivity contribution in [3.8, 4) is 5.69 Å². The molecule has 0 saturated carbocycles. The summed E-state index contributed by atoms with van der Waals surface area (Å²) in [5.74, 6) is -0.381. The molecule has 0 aliphatic heterocycles. The van der Waals surface area contributed by atoms with Crippen LogP contribution in [0.4, 0.5) is 0 Å². The molecule has 3 aromatic heterocycles. The molecule has 0 saturated heterocycles. The third kappa shape index (κ3) is 3.64. The Morgan fingerprint density at radius 2 is 1.78 bits per heavy atom. The molecule has 10 nitrogen and oxygen atoms in total. The molecule has 4 aromatic rings. The van der Waals surface area contributed by atoms with Gasteiger partial charge in [-0.2, -0.15) is 5.10 Å². The van der Waals surface area contributed by atoms with Crippen molar-refractivity contribution in [2.75, 3.05) is 6.61 Å². The number of hydrogen-bond donors (Lipinski definition) is 0. The minimum atomic E-state index is -0.444. The van der Waals surface area contributed by atoms with E-state index in [-0.39, 0.29) is 25.5 Å². The number of imidazole rings is 1. The Hall–Kier alpha value is -3.95. The highest BCUT2D eigenvalue weighted by molar-refractivity contribution is 5.73. The minimum absolute atomic E-state index is 0.0706. The van der Waals surface area contributed by atoms with Gasteiger partial charge in [-0.1, -0.05) is 18.2 Å². The number of esters is 1. The molecule has 0 N–H and O–H groups in total. The molecule has 0 fully saturated rings. The summed E-state index contributed by atoms with van der Waals surface area (Å²) in [7, 11) is 2.98. The largest absolute Gasteiger partial charge is 0.464 e. The van der Waals surface area contributed by atoms with Crippen LogP contribution in [0.2, 0.25) is 0 Å². The van der Waals surface area contributed by atoms with Gasteiger partial charge in [0.25, 0.3) is 5.56 Å². The van der Waals surface area contributed by atoms with Gasteiger partial charge in [-0.3, -0.25) is 18.7 Å². The average molecular weight is 436 g/mol. The molecule has 0 spiro atoms. The van der Waals surface area contributed by atoms with Crippen LogP contribution in [0.5, 0.6) is 0 Å². The zero-order chi connectivity index (χ0) is 23.0. The third-order valence-electron chi connectivity index (χ3n) is 5.58. The highest BCUT2D eigenvalue weighted by Gasteiger charge is 2.18. The summed E-state index contributed by atoms with van der Waals surface area (Å²) >= 11 is 0. The molecular formula is C22H24N6O4. The number of fused-ring (bicyclic) bond motifs is 1. The number of aryl methyl sites for hydroxylation is 2. The van der Waals surface area contributed by atoms with E-state index in [9.17, 15) is 14.4 Å². The van der Waals surface area contributed by atoms with Gasteiger partial charge in [-0.25, -0.2) is 14.5 Å². The first-order chi connectivity index (χ1) is 15.3. The molecule has 0 unspecified atom stereocenters. The first-order valence-electron chi connectivity index (χ1n) is 10.2. The second-order valence-corrected chi connectivity index (χ2v) is 7.61. The van der Waals surface area contributed by atoms with Crippen molar-refractivity contribution in [2.45, 2.75) is 26.8 Å². The lowest BCUT2D eigenvalue weighted by Crippen LogP contribution is -2.37. The molecule has 0 radical (unpaired) electrons. The summed E-state index contributed by atoms with van der Waals surface area (Å²) in [6.07, 6.45) is 1.57. The summed E-state index contributed by atoms with van der Waals surface area (Å²) in [4.78, 5) is 41.2. The maximum Gasteiger partial charge on any atom is 0.332 e. The first-order valence-corrected chi connectivity index (χ1v) is 10.2. The summed E-state index contributed by atoms with van der Waals surface area (Å²) in [6, 6.07) is 9.72. The Bertz CT molecular complexity index is 1420. The van der Waals surface area contributed by atoms with Crippen molar-refractivity contribution in [1.29, 1.82) is 0 Å². The standard InChI is InChI=1S/C22H24N6O4/c1-14-17(15(2)28(24-14)16-8-6-5-7-9-16)12-18(29)32-11-10-27-13-23-20-19(27)21(30)26(4)22(31)25(20)3/h5-9,13H,10-12H2,1-4H3. The fourth-order valence-corrected chi connectivity index (χ4v) is 3.77. The predicted octanol–water partition coefficient (Wildman–Crippen LogP) is 1.02. The van der Waals surface area contributed by atoms with Crippen LogP contribution in [0.15, 0.2) is 46.2 Å². The van der Waals surface area contributed by atoms with E-state index in [1.54, 1.807) is 11.6 Å². The summed E-state index contributed by atoms with van der Waals surface area (Å²) in [5, 5.41) is 4.55. The van der Waals surface area contributed by atoms with Crippen LogP contribution in [-0.2, 0) is 36.6 Å². The van der Waals surface area contributed by atoms with Crippen LogP contribution in [0.3, 0.4) is 0 Å². The molecule has 4 rings (SSSR count). The van der Waals surface area contributed by atoms with Gasteiger partial charge in [-0.15, -0.1) is 0 Å². The maximum absolute atomic E-state index is 12.5. The van der Waals surface area contributed by atoms with Gasteiger partial charge >= 0.3 is 11.7 Å². The quantitative estimate of drug-likeness (QED) is 0.418. The molecule has 1 aromatic carbocycles. The number of para-hydroxylation sites is 1. The Balaban J connectivity index is 1.46. The van der Waals surface area contributed by atoms with Crippen LogP contribution in [0, 0.1) is 13.8 Å². The number of hydrogen-bond acceptors (Lipinski definition) is 6. The van der Waals surface area contributed by atoms with Crippen LogP contribution in [-0.4, -0.2) is 41.0 Å². The monoisotopic (exact) mass is 436 g/mol. The van der Waals surface area contributed by atoms with Crippen molar-refractivity contribution in [2.24, 2.45) is 14.1 Å². The minimum Gasteiger partial charge on any atom is -0.464 e. The number of ether oxygens (including phenoxy) is 1. The van der Waals surface area contributed by atoms with E-state index >= 15 is 0 Å². The second-order valence-electron chi connectivity index (χ2n) is 7.61. The van der Waals surface area contributed by atoms with E-state index in [4.69, 9.17) is 4.74 Å². The smallest absolute Gasteiger partial charge is 0.332 e. The fraction of sp³-hybridized carbons (Fsp3) is 0.318. The molecule has 166 valence electrons. The fourth-order valence-electron chi connectivity index (χ4n) is 3.77. The van der Waals surface area contributed by atoms with Gasteiger partial charge in [0.1, 0.15) is 6.61 Å². The number of aromatic nitrogens is 6. The van der Waals surface area contributed by atoms with Crippen molar-refractivity contribution in [3.05, 3.63) is 74.4 Å². The number of carbonyl (C=O) groups is 1. The predicted molar refractivity (Wildman–Crippen MR) is 118 cm³/mol. The molecular weight excluding hydrogens is 412 g/mol. The lowest BCUT2D eigenvalue weighted by Gasteiger charge is -2.08. The highest BCUT2D eigenvalue weighted by Crippen LogP contribution is 2.18. The zero-order valence-electron chi connectivity index (χ0n) is 18.4. The SMILES string of the molecule is Cc1nn(-c2ccccc2)c(C)c1CC(=O)OCCn1cnc2c1c(=O)n(C)c(=O)n2C. The molecule has 0 aliphatic rings. The Morgan fingerprint density at radius 3 is 2.50 bits per heavy atom. The van der Waals surface area contributed by atoms with Crippen molar-refractivity contribution in [3.63, 3.8) is 0 Å². The lowest BCUT2D eigenvalue weighted by molar-refractivity contribution is -0.143. The van der Waals surface area contributed by atoms with Crippen molar-refractivity contribution in [1.82, 2.24) is 28.5 Å². The Labute approximate surface area is 183 Å². The van der Waals surface area contributed by atoms with E-state index < -0.39 is 11.2 Å². The lowest BCUT2D eigenvalue weighted by atomic mass is 10.1. The van der Waals surface area contributed by atoms with Crippen LogP contribution in [0.1, 0.15) is 17.0 Å². The van der Waals surface area contributed by atoms with Gasteiger partial charge in [0, 0.05) is 25.4 Å². The molecule has 10 heteroatoms. The molecule has 32 heavy (non-hydrogen) atoms. The van der Waals surface area contributed by atoms with Crippen LogP contribution < -0.4 is 11.2 Å². The van der Waals surface area contributed by atoms with Gasteiger partial charge in [0.05, 0.1) is 30.7 Å². The van der Waals surface area contributed by atoms with E-state index in [2.05, 4.69) is 10.1 Å². The van der Waals surface area contributed by atoms with Crippen molar-refractivity contribution < 1.29 is 9.53 Å². The number of nitrogens with zero attached hydrogens (tertiary/aromatic N) is 6. The normalized spacial score (nSPS) is 11.2. The number of benzene rings is 1. The molecule has 3 heterocycles. The maximum atomic E-state index is 12.5. The summed E-state index contributed by atoms with van der Waals surface area (Å²) < 4.78 is 11.2. The number of rotatable bonds is 6. The molecule has 0 bridgehead atoms. The van der Waals surface area contributed by atoms with E-state index in [0.29, 0.717) is 11.2 Å². The number of carbonyl (C=O) groups excluding carboxylic acids is 1. The van der Waals surface area contributed by atoms with Gasteiger partial charge in [-0.05, 0) is 26.0 Å². The molecule has 0 atom stereocenters. The second kappa shape index (κ2) is 8.29. The van der Waals surface area contributed by atoms with Crippen LogP contribution in [0.25, 0.3) is 16.9 Å². The van der Waals surface area contributed by atoms with Crippen LogP contribution >= 0.6 is 0 Å². The molecule has 0 amide bonds. The van der Waals surface area contributed by atoms with Gasteiger partial charge < -0.3 is 9.30 Å². The van der Waals surface area contributed by atoms with E-state index in [1.165, 1.54) is 17.9 Å². The molecule has 0 aliphatic carbocycles. The topological polar surface area (TPSA) is 106 Å². The Morgan fingerprint density at radius 1 is 1.06 bits per heavy atom. The zero-order valence-corrected chi connectivity index (χ0v) is 18.4. The highest BCUT2D eigenvalue weighted by atomic mass is 16.5. The summed E-state index contributed by atoms with van der Waals surface area (Å²) in [6.45, 7) is 4.11. The first kappa shape index (κ1) is 21.3. The van der Waals surface area contributed by atoms with Gasteiger partial charge in [0.15, 0.2) is 11.2 Å². The Kier molecular flexibility index (Phi) is 5.52.